The number of nitrogens with one attached hydrogen (secondary N) is 1. The number of nitro groups is 1. The van der Waals surface area contributed by atoms with E-state index in [0.717, 1.165) is 26.2 Å². The molecule has 5 nitrogen and oxygen atoms in total. The second kappa shape index (κ2) is 5.44. The number of halogens is 1. The van der Waals surface area contributed by atoms with Crippen LogP contribution in [0.5, 0.6) is 0 Å². The van der Waals surface area contributed by atoms with E-state index in [4.69, 9.17) is 11.6 Å². The molecule has 0 bridgehead atoms. The molecular formula is C11H14ClN3O2. The Morgan fingerprint density at radius 3 is 2.76 bits per heavy atom. The van der Waals surface area contributed by atoms with Crippen molar-refractivity contribution in [1.82, 2.24) is 10.2 Å². The van der Waals surface area contributed by atoms with Gasteiger partial charge in [-0.3, -0.25) is 15.0 Å². The minimum absolute atomic E-state index is 0.146. The molecule has 0 spiro atoms. The fourth-order valence-electron chi connectivity index (χ4n) is 1.97. The van der Waals surface area contributed by atoms with E-state index < -0.39 is 0 Å². The average molecular weight is 256 g/mol. The second-order valence-electron chi connectivity index (χ2n) is 4.06. The van der Waals surface area contributed by atoms with Gasteiger partial charge >= 0.3 is 0 Å². The number of nitrogens with zero attached hydrogens (tertiary/aromatic N) is 2. The average Bonchev–Trinajstić information content (AvgIpc) is 2.30. The van der Waals surface area contributed by atoms with Crippen LogP contribution in [0.4, 0.5) is 5.69 Å². The predicted octanol–water partition coefficient (Wildman–Crippen LogP) is 1.65. The molecule has 1 N–H and O–H groups in total. The van der Waals surface area contributed by atoms with Gasteiger partial charge in [-0.15, -0.1) is 0 Å². The Morgan fingerprint density at radius 1 is 1.41 bits per heavy atom. The van der Waals surface area contributed by atoms with Gasteiger partial charge in [0.25, 0.3) is 5.69 Å². The van der Waals surface area contributed by atoms with Crippen LogP contribution in [0.25, 0.3) is 0 Å². The minimum atomic E-state index is -0.353. The van der Waals surface area contributed by atoms with Gasteiger partial charge in [0.15, 0.2) is 0 Å². The number of benzene rings is 1. The highest BCUT2D eigenvalue weighted by Gasteiger charge is 2.18. The summed E-state index contributed by atoms with van der Waals surface area (Å²) in [5, 5.41) is 14.7. The maximum Gasteiger partial charge on any atom is 0.273 e. The Bertz CT molecular complexity index is 419. The number of hydrogen-bond acceptors (Lipinski definition) is 4. The fraction of sp³-hybridized carbons (Fsp3) is 0.455. The number of hydrogen-bond donors (Lipinski definition) is 1. The third-order valence-electron chi connectivity index (χ3n) is 2.84. The molecule has 0 aromatic heterocycles. The Morgan fingerprint density at radius 2 is 2.12 bits per heavy atom. The summed E-state index contributed by atoms with van der Waals surface area (Å²) < 4.78 is 0. The van der Waals surface area contributed by atoms with Crippen LogP contribution < -0.4 is 5.32 Å². The largest absolute Gasteiger partial charge is 0.314 e. The highest BCUT2D eigenvalue weighted by molar-refractivity contribution is 6.30. The number of nitro benzene ring substituents is 1. The van der Waals surface area contributed by atoms with Crippen LogP contribution in [-0.4, -0.2) is 36.0 Å². The first-order valence-electron chi connectivity index (χ1n) is 5.53. The lowest BCUT2D eigenvalue weighted by Crippen LogP contribution is -2.42. The van der Waals surface area contributed by atoms with E-state index >= 15 is 0 Å². The summed E-state index contributed by atoms with van der Waals surface area (Å²) in [7, 11) is 0. The molecule has 0 radical (unpaired) electrons. The van der Waals surface area contributed by atoms with E-state index in [1.165, 1.54) is 6.07 Å². The van der Waals surface area contributed by atoms with Gasteiger partial charge in [-0.2, -0.15) is 0 Å². The van der Waals surface area contributed by atoms with Gasteiger partial charge in [-0.1, -0.05) is 11.6 Å². The van der Waals surface area contributed by atoms with E-state index in [1.807, 2.05) is 0 Å². The van der Waals surface area contributed by atoms with Crippen LogP contribution >= 0.6 is 11.6 Å². The number of rotatable bonds is 3. The topological polar surface area (TPSA) is 58.4 Å². The van der Waals surface area contributed by atoms with Crippen LogP contribution in [0, 0.1) is 10.1 Å². The van der Waals surface area contributed by atoms with Crippen LogP contribution in [-0.2, 0) is 6.54 Å². The first-order chi connectivity index (χ1) is 8.16. The zero-order valence-corrected chi connectivity index (χ0v) is 10.1. The van der Waals surface area contributed by atoms with E-state index in [-0.39, 0.29) is 10.6 Å². The van der Waals surface area contributed by atoms with Crippen molar-refractivity contribution in [2.45, 2.75) is 6.54 Å². The minimum Gasteiger partial charge on any atom is -0.314 e. The standard InChI is InChI=1S/C11H14ClN3O2/c12-10-1-2-11(15(16)17)9(7-10)8-14-5-3-13-4-6-14/h1-2,7,13H,3-6,8H2. The molecule has 0 amide bonds. The molecule has 92 valence electrons. The van der Waals surface area contributed by atoms with Gasteiger partial charge in [0, 0.05) is 49.4 Å². The highest BCUT2D eigenvalue weighted by Crippen LogP contribution is 2.24. The molecule has 1 aliphatic heterocycles. The zero-order chi connectivity index (χ0) is 12.3. The van der Waals surface area contributed by atoms with E-state index in [0.29, 0.717) is 17.1 Å². The van der Waals surface area contributed by atoms with Gasteiger partial charge in [0.2, 0.25) is 0 Å². The van der Waals surface area contributed by atoms with Gasteiger partial charge in [-0.25, -0.2) is 0 Å². The van der Waals surface area contributed by atoms with Gasteiger partial charge < -0.3 is 5.32 Å². The molecule has 1 aromatic rings. The van der Waals surface area contributed by atoms with Crippen molar-refractivity contribution in [3.63, 3.8) is 0 Å². The lowest BCUT2D eigenvalue weighted by atomic mass is 10.1. The van der Waals surface area contributed by atoms with Crippen molar-refractivity contribution in [3.8, 4) is 0 Å². The molecule has 0 saturated carbocycles. The van der Waals surface area contributed by atoms with E-state index in [9.17, 15) is 10.1 Å². The molecule has 0 aliphatic carbocycles. The Hall–Kier alpha value is -1.17. The SMILES string of the molecule is O=[N+]([O-])c1ccc(Cl)cc1CN1CCNCC1. The summed E-state index contributed by atoms with van der Waals surface area (Å²) in [6, 6.07) is 4.71. The molecule has 1 heterocycles. The third-order valence-corrected chi connectivity index (χ3v) is 3.08. The summed E-state index contributed by atoms with van der Waals surface area (Å²) in [5.74, 6) is 0. The normalized spacial score (nSPS) is 17.0. The monoisotopic (exact) mass is 255 g/mol. The van der Waals surface area contributed by atoms with Crippen molar-refractivity contribution in [3.05, 3.63) is 38.9 Å². The van der Waals surface area contributed by atoms with Crippen molar-refractivity contribution in [1.29, 1.82) is 0 Å². The summed E-state index contributed by atoms with van der Waals surface area (Å²) in [5.41, 5.74) is 0.831. The van der Waals surface area contributed by atoms with Crippen LogP contribution in [0.15, 0.2) is 18.2 Å². The highest BCUT2D eigenvalue weighted by atomic mass is 35.5. The second-order valence-corrected chi connectivity index (χ2v) is 4.49. The Balaban J connectivity index is 2.17. The Labute approximate surface area is 105 Å². The van der Waals surface area contributed by atoms with Crippen molar-refractivity contribution in [2.75, 3.05) is 26.2 Å². The molecule has 0 atom stereocenters. The molecule has 0 unspecified atom stereocenters. The summed E-state index contributed by atoms with van der Waals surface area (Å²) in [6.07, 6.45) is 0. The molecule has 1 saturated heterocycles. The molecule has 6 heteroatoms. The summed E-state index contributed by atoms with van der Waals surface area (Å²) in [4.78, 5) is 12.7. The zero-order valence-electron chi connectivity index (χ0n) is 9.36. The van der Waals surface area contributed by atoms with Gasteiger partial charge in [0.05, 0.1) is 4.92 Å². The van der Waals surface area contributed by atoms with Crippen LogP contribution in [0.1, 0.15) is 5.56 Å². The van der Waals surface area contributed by atoms with Crippen molar-refractivity contribution in [2.24, 2.45) is 0 Å². The maximum atomic E-state index is 10.9. The molecule has 17 heavy (non-hydrogen) atoms. The quantitative estimate of drug-likeness (QED) is 0.659. The molecule has 1 fully saturated rings. The lowest BCUT2D eigenvalue weighted by molar-refractivity contribution is -0.385. The maximum absolute atomic E-state index is 10.9. The predicted molar refractivity (Wildman–Crippen MR) is 66.3 cm³/mol. The van der Waals surface area contributed by atoms with Crippen molar-refractivity contribution >= 4 is 17.3 Å². The first-order valence-corrected chi connectivity index (χ1v) is 5.90. The van der Waals surface area contributed by atoms with Crippen molar-refractivity contribution < 1.29 is 4.92 Å². The molecule has 1 aromatic carbocycles. The smallest absolute Gasteiger partial charge is 0.273 e. The summed E-state index contributed by atoms with van der Waals surface area (Å²) >= 11 is 5.89. The van der Waals surface area contributed by atoms with E-state index in [1.54, 1.807) is 12.1 Å². The van der Waals surface area contributed by atoms with Gasteiger partial charge in [-0.05, 0) is 12.1 Å². The van der Waals surface area contributed by atoms with Crippen LogP contribution in [0.2, 0.25) is 5.02 Å². The first kappa shape index (κ1) is 12.3. The fourth-order valence-corrected chi connectivity index (χ4v) is 2.16. The molecular weight excluding hydrogens is 242 g/mol. The Kier molecular flexibility index (Phi) is 3.93. The summed E-state index contributed by atoms with van der Waals surface area (Å²) in [6.45, 7) is 4.24. The third kappa shape index (κ3) is 3.15. The number of piperazine rings is 1. The van der Waals surface area contributed by atoms with E-state index in [2.05, 4.69) is 10.2 Å². The molecule has 2 rings (SSSR count). The van der Waals surface area contributed by atoms with Crippen LogP contribution in [0.3, 0.4) is 0 Å². The molecule has 1 aliphatic rings. The van der Waals surface area contributed by atoms with Gasteiger partial charge in [0.1, 0.15) is 0 Å². The lowest BCUT2D eigenvalue weighted by Gasteiger charge is -2.27.